The summed E-state index contributed by atoms with van der Waals surface area (Å²) in [7, 11) is -2.44. The van der Waals surface area contributed by atoms with E-state index in [4.69, 9.17) is 9.68 Å². The zero-order chi connectivity index (χ0) is 24.2. The van der Waals surface area contributed by atoms with Crippen molar-refractivity contribution in [3.63, 3.8) is 0 Å². The Bertz CT molecular complexity index is 1450. The van der Waals surface area contributed by atoms with Crippen molar-refractivity contribution in [1.82, 2.24) is 5.16 Å². The van der Waals surface area contributed by atoms with E-state index in [1.165, 1.54) is 15.9 Å². The monoisotopic (exact) mass is 482 g/mol. The molecule has 0 aliphatic rings. The summed E-state index contributed by atoms with van der Waals surface area (Å²) in [5.74, 6) is 0. The minimum absolute atomic E-state index is 0.865. The largest absolute Gasteiger partial charge is 0.317 e. The highest BCUT2D eigenvalue weighted by Crippen LogP contribution is 2.57. The molecule has 0 radical (unpaired) electrons. The number of benzene rings is 5. The van der Waals surface area contributed by atoms with Crippen molar-refractivity contribution in [3.8, 4) is 22.4 Å². The Morgan fingerprint density at radius 1 is 0.417 bits per heavy atom. The molecule has 0 bridgehead atoms. The van der Waals surface area contributed by atoms with Crippen LogP contribution in [-0.2, 0) is 0 Å². The lowest BCUT2D eigenvalue weighted by Gasteiger charge is -2.25. The fraction of sp³-hybridized carbons (Fsp3) is 0. The summed E-state index contributed by atoms with van der Waals surface area (Å²) in [5, 5.41) is 8.45. The van der Waals surface area contributed by atoms with E-state index in [-0.39, 0.29) is 0 Å². The number of rotatable bonds is 6. The maximum atomic E-state index is 6.53. The van der Waals surface area contributed by atoms with Crippen LogP contribution in [0.15, 0.2) is 156 Å². The molecule has 0 unspecified atom stereocenters. The van der Waals surface area contributed by atoms with E-state index in [0.29, 0.717) is 0 Å². The number of hydrogen-bond acceptors (Lipinski definition) is 2. The van der Waals surface area contributed by atoms with Crippen LogP contribution >= 0.6 is 7.26 Å². The zero-order valence-electron chi connectivity index (χ0n) is 19.7. The van der Waals surface area contributed by atoms with E-state index in [1.807, 2.05) is 24.3 Å². The summed E-state index contributed by atoms with van der Waals surface area (Å²) in [6.45, 7) is 0. The van der Waals surface area contributed by atoms with Crippen molar-refractivity contribution in [2.24, 2.45) is 0 Å². The molecular formula is C33H25NOP+. The number of aromatic nitrogens is 1. The molecule has 0 aliphatic heterocycles. The summed E-state index contributed by atoms with van der Waals surface area (Å²) < 4.78 is 6.53. The van der Waals surface area contributed by atoms with Gasteiger partial charge in [0.15, 0.2) is 7.26 Å². The van der Waals surface area contributed by atoms with Gasteiger partial charge in [-0.2, -0.15) is 0 Å². The molecule has 6 rings (SSSR count). The first-order valence-corrected chi connectivity index (χ1v) is 13.8. The summed E-state index contributed by atoms with van der Waals surface area (Å²) in [6, 6.07) is 53.1. The average molecular weight is 483 g/mol. The molecule has 0 saturated carbocycles. The van der Waals surface area contributed by atoms with E-state index in [9.17, 15) is 0 Å². The molecule has 1 aromatic heterocycles. The standard InChI is InChI=1S/C33H25NOP/c1-6-16-26(17-7-1)31-32(27-18-8-2-9-19-27)34-35-33(31)36(28-20-10-3-11-21-28,29-22-12-4-13-23-29)30-24-14-5-15-25-30/h1-25H/q+1. The lowest BCUT2D eigenvalue weighted by Crippen LogP contribution is -2.38. The van der Waals surface area contributed by atoms with Crippen LogP contribution in [0.25, 0.3) is 22.4 Å². The van der Waals surface area contributed by atoms with Gasteiger partial charge in [0.1, 0.15) is 21.6 Å². The number of hydrogen-bond donors (Lipinski definition) is 0. The number of nitrogens with zero attached hydrogens (tertiary/aromatic N) is 1. The van der Waals surface area contributed by atoms with Gasteiger partial charge in [0.05, 0.1) is 5.56 Å². The fourth-order valence-corrected chi connectivity index (χ4v) is 9.11. The van der Waals surface area contributed by atoms with Gasteiger partial charge >= 0.3 is 0 Å². The van der Waals surface area contributed by atoms with Crippen molar-refractivity contribution in [1.29, 1.82) is 0 Å². The Morgan fingerprint density at radius 2 is 0.778 bits per heavy atom. The van der Waals surface area contributed by atoms with Gasteiger partial charge in [0.2, 0.25) is 0 Å². The highest BCUT2D eigenvalue weighted by molar-refractivity contribution is 8.01. The second-order valence-corrected chi connectivity index (χ2v) is 11.9. The van der Waals surface area contributed by atoms with E-state index in [0.717, 1.165) is 27.9 Å². The van der Waals surface area contributed by atoms with Gasteiger partial charge in [-0.25, -0.2) is 0 Å². The minimum Gasteiger partial charge on any atom is -0.317 e. The third-order valence-corrected chi connectivity index (χ3v) is 10.7. The second-order valence-electron chi connectivity index (χ2n) is 8.62. The van der Waals surface area contributed by atoms with Crippen LogP contribution in [0.4, 0.5) is 0 Å². The van der Waals surface area contributed by atoms with Crippen molar-refractivity contribution >= 4 is 28.7 Å². The molecule has 6 aromatic rings. The van der Waals surface area contributed by atoms with E-state index < -0.39 is 7.26 Å². The van der Waals surface area contributed by atoms with Crippen LogP contribution in [0.5, 0.6) is 0 Å². The molecule has 36 heavy (non-hydrogen) atoms. The van der Waals surface area contributed by atoms with Crippen molar-refractivity contribution in [2.45, 2.75) is 0 Å². The van der Waals surface area contributed by atoms with Gasteiger partial charge in [0.25, 0.3) is 5.50 Å². The summed E-state index contributed by atoms with van der Waals surface area (Å²) in [4.78, 5) is 0. The van der Waals surface area contributed by atoms with Gasteiger partial charge in [0, 0.05) is 5.56 Å². The molecule has 2 nitrogen and oxygen atoms in total. The molecule has 0 atom stereocenters. The molecule has 1 heterocycles. The summed E-state index contributed by atoms with van der Waals surface area (Å²) in [5.41, 5.74) is 4.96. The van der Waals surface area contributed by atoms with Crippen LogP contribution in [0.1, 0.15) is 0 Å². The van der Waals surface area contributed by atoms with Gasteiger partial charge < -0.3 is 4.52 Å². The van der Waals surface area contributed by atoms with Crippen LogP contribution in [-0.4, -0.2) is 5.16 Å². The molecule has 0 saturated heterocycles. The van der Waals surface area contributed by atoms with Gasteiger partial charge in [-0.15, -0.1) is 0 Å². The first kappa shape index (κ1) is 22.2. The molecule has 0 N–H and O–H groups in total. The molecule has 5 aromatic carbocycles. The first-order chi connectivity index (χ1) is 17.9. The fourth-order valence-electron chi connectivity index (χ4n) is 4.92. The van der Waals surface area contributed by atoms with Gasteiger partial charge in [-0.1, -0.05) is 120 Å². The predicted molar refractivity (Wildman–Crippen MR) is 152 cm³/mol. The Hall–Kier alpha value is -4.26. The smallest absolute Gasteiger partial charge is 0.296 e. The molecule has 3 heteroatoms. The second kappa shape index (κ2) is 9.77. The molecule has 172 valence electrons. The van der Waals surface area contributed by atoms with E-state index in [1.54, 1.807) is 0 Å². The van der Waals surface area contributed by atoms with E-state index in [2.05, 4.69) is 127 Å². The molecule has 0 spiro atoms. The van der Waals surface area contributed by atoms with E-state index >= 15 is 0 Å². The minimum atomic E-state index is -2.44. The normalized spacial score (nSPS) is 11.3. The lowest BCUT2D eigenvalue weighted by atomic mass is 10.0. The third-order valence-electron chi connectivity index (χ3n) is 6.52. The van der Waals surface area contributed by atoms with Crippen molar-refractivity contribution < 1.29 is 4.52 Å². The highest BCUT2D eigenvalue weighted by Gasteiger charge is 2.54. The van der Waals surface area contributed by atoms with Crippen LogP contribution in [0.2, 0.25) is 0 Å². The third kappa shape index (κ3) is 3.77. The zero-order valence-corrected chi connectivity index (χ0v) is 20.6. The highest BCUT2D eigenvalue weighted by atomic mass is 31.2. The summed E-state index contributed by atoms with van der Waals surface area (Å²) in [6.07, 6.45) is 0. The van der Waals surface area contributed by atoms with Crippen LogP contribution in [0.3, 0.4) is 0 Å². The quantitative estimate of drug-likeness (QED) is 0.249. The maximum Gasteiger partial charge on any atom is 0.296 e. The van der Waals surface area contributed by atoms with Crippen LogP contribution < -0.4 is 21.4 Å². The Kier molecular flexibility index (Phi) is 6.03. The Balaban J connectivity index is 1.78. The van der Waals surface area contributed by atoms with Crippen molar-refractivity contribution in [3.05, 3.63) is 152 Å². The maximum absolute atomic E-state index is 6.53. The first-order valence-electron chi connectivity index (χ1n) is 12.1. The SMILES string of the molecule is c1ccc(-c2noc([P+](c3ccccc3)(c3ccccc3)c3ccccc3)c2-c2ccccc2)cc1. The Labute approximate surface area is 212 Å². The van der Waals surface area contributed by atoms with Crippen LogP contribution in [0, 0.1) is 0 Å². The molecule has 0 aliphatic carbocycles. The molecule has 0 amide bonds. The molecular weight excluding hydrogens is 457 g/mol. The Morgan fingerprint density at radius 3 is 1.19 bits per heavy atom. The average Bonchev–Trinajstić information content (AvgIpc) is 3.42. The summed E-state index contributed by atoms with van der Waals surface area (Å²) >= 11 is 0. The lowest BCUT2D eigenvalue weighted by molar-refractivity contribution is 0.449. The van der Waals surface area contributed by atoms with Gasteiger partial charge in [-0.05, 0) is 42.0 Å². The van der Waals surface area contributed by atoms with Gasteiger partial charge in [-0.3, -0.25) is 0 Å². The predicted octanol–water partition coefficient (Wildman–Crippen LogP) is 6.63. The molecule has 0 fully saturated rings. The topological polar surface area (TPSA) is 26.0 Å². The van der Waals surface area contributed by atoms with Crippen molar-refractivity contribution in [2.75, 3.05) is 0 Å².